The molecule has 0 bridgehead atoms. The van der Waals surface area contributed by atoms with Crippen LogP contribution in [0.1, 0.15) is 41.5 Å². The molecule has 1 saturated heterocycles. The Bertz CT molecular complexity index is 1780. The second-order valence-corrected chi connectivity index (χ2v) is 13.7. The molecule has 7 nitrogen and oxygen atoms in total. The maximum absolute atomic E-state index is 15.4. The number of Topliss-reactive ketones (excluding diaryl/α,β-unsaturated/α-hetero) is 1. The summed E-state index contributed by atoms with van der Waals surface area (Å²) in [5, 5.41) is 3.28. The molecule has 0 aromatic heterocycles. The van der Waals surface area contributed by atoms with Gasteiger partial charge in [-0.1, -0.05) is 36.4 Å². The van der Waals surface area contributed by atoms with Crippen molar-refractivity contribution in [2.75, 3.05) is 20.2 Å². The number of hydrogen-bond donors (Lipinski definition) is 2. The topological polar surface area (TPSA) is 102 Å². The number of sulfonamides is 1. The molecular formula is C36H38F3N3O4S. The Morgan fingerprint density at radius 3 is 2.15 bits per heavy atom. The summed E-state index contributed by atoms with van der Waals surface area (Å²) in [6.45, 7) is 2.65. The molecule has 1 heterocycles. The zero-order chi connectivity index (χ0) is 33.7. The van der Waals surface area contributed by atoms with Crippen LogP contribution in [-0.2, 0) is 27.7 Å². The monoisotopic (exact) mass is 665 g/mol. The molecule has 4 aromatic rings. The highest BCUT2D eigenvalue weighted by molar-refractivity contribution is 7.89. The fourth-order valence-electron chi connectivity index (χ4n) is 6.39. The molecule has 1 fully saturated rings. The summed E-state index contributed by atoms with van der Waals surface area (Å²) in [6, 6.07) is 19.9. The number of ether oxygens (including phenoxy) is 1. The van der Waals surface area contributed by atoms with E-state index in [9.17, 15) is 22.0 Å². The summed E-state index contributed by atoms with van der Waals surface area (Å²) in [4.78, 5) is 13.9. The summed E-state index contributed by atoms with van der Waals surface area (Å²) in [5.74, 6) is -2.31. The van der Waals surface area contributed by atoms with Crippen LogP contribution in [0.4, 0.5) is 13.2 Å². The van der Waals surface area contributed by atoms with Gasteiger partial charge < -0.3 is 15.8 Å². The van der Waals surface area contributed by atoms with E-state index < -0.39 is 51.3 Å². The van der Waals surface area contributed by atoms with Gasteiger partial charge in [0.25, 0.3) is 0 Å². The number of ketones is 1. The molecule has 47 heavy (non-hydrogen) atoms. The van der Waals surface area contributed by atoms with E-state index in [0.717, 1.165) is 0 Å². The number of carbonyl (C=O) groups is 1. The van der Waals surface area contributed by atoms with E-state index in [1.807, 2.05) is 6.92 Å². The van der Waals surface area contributed by atoms with Crippen LogP contribution in [0, 0.1) is 17.5 Å². The van der Waals surface area contributed by atoms with Gasteiger partial charge in [0.15, 0.2) is 5.78 Å². The van der Waals surface area contributed by atoms with Gasteiger partial charge in [-0.3, -0.25) is 4.79 Å². The molecular weight excluding hydrogens is 627 g/mol. The quantitative estimate of drug-likeness (QED) is 0.211. The van der Waals surface area contributed by atoms with Gasteiger partial charge in [-0.2, -0.15) is 4.31 Å². The Kier molecular flexibility index (Phi) is 10.8. The predicted molar refractivity (Wildman–Crippen MR) is 174 cm³/mol. The van der Waals surface area contributed by atoms with Crippen LogP contribution in [0.25, 0.3) is 0 Å². The van der Waals surface area contributed by atoms with E-state index in [-0.39, 0.29) is 30.2 Å². The van der Waals surface area contributed by atoms with Crippen LogP contribution in [0.5, 0.6) is 5.75 Å². The molecule has 0 amide bonds. The van der Waals surface area contributed by atoms with E-state index in [2.05, 4.69) is 5.32 Å². The van der Waals surface area contributed by atoms with Crippen LogP contribution in [-0.4, -0.2) is 56.8 Å². The molecule has 0 radical (unpaired) electrons. The van der Waals surface area contributed by atoms with Crippen molar-refractivity contribution in [2.45, 2.75) is 55.1 Å². The van der Waals surface area contributed by atoms with Crippen molar-refractivity contribution in [3.63, 3.8) is 0 Å². The van der Waals surface area contributed by atoms with Gasteiger partial charge in [0, 0.05) is 37.5 Å². The maximum Gasteiger partial charge on any atom is 0.243 e. The highest BCUT2D eigenvalue weighted by Gasteiger charge is 2.38. The standard InChI is InChI=1S/C36H38F3N3O4S/c1-23-21-41-22-29(42(23)47(44,45)31-15-13-30(46-2)14-16-31)12-17-32-24(6-5-11-33(32)39)20-34(43)36(40)35(25-7-3-9-27(37)18-25)26-8-4-10-28(38)19-26/h3-11,13-16,18-19,23,29,35-36,41H,12,17,20-22,40H2,1-2H3/t23-,29-,36+/m0/s1. The van der Waals surface area contributed by atoms with Crippen molar-refractivity contribution >= 4 is 15.8 Å². The molecule has 5 rings (SSSR count). The van der Waals surface area contributed by atoms with Crippen LogP contribution in [0.3, 0.4) is 0 Å². The lowest BCUT2D eigenvalue weighted by Gasteiger charge is -2.40. The first-order valence-corrected chi connectivity index (χ1v) is 16.9. The Hall–Kier alpha value is -4.03. The van der Waals surface area contributed by atoms with Gasteiger partial charge in [-0.05, 0) is 96.6 Å². The molecule has 0 spiro atoms. The fraction of sp³-hybridized carbons (Fsp3) is 0.306. The molecule has 0 aliphatic carbocycles. The van der Waals surface area contributed by atoms with Gasteiger partial charge in [-0.15, -0.1) is 0 Å². The smallest absolute Gasteiger partial charge is 0.243 e. The zero-order valence-electron chi connectivity index (χ0n) is 26.2. The average Bonchev–Trinajstić information content (AvgIpc) is 3.04. The van der Waals surface area contributed by atoms with Crippen molar-refractivity contribution < 1.29 is 31.1 Å². The van der Waals surface area contributed by atoms with E-state index in [0.29, 0.717) is 41.1 Å². The van der Waals surface area contributed by atoms with Crippen LogP contribution < -0.4 is 15.8 Å². The zero-order valence-corrected chi connectivity index (χ0v) is 27.0. The number of piperazine rings is 1. The fourth-order valence-corrected chi connectivity index (χ4v) is 8.23. The summed E-state index contributed by atoms with van der Waals surface area (Å²) in [5.41, 5.74) is 8.06. The summed E-state index contributed by atoms with van der Waals surface area (Å²) >= 11 is 0. The molecule has 0 unspecified atom stereocenters. The number of halogens is 3. The number of methoxy groups -OCH3 is 1. The van der Waals surface area contributed by atoms with Crippen LogP contribution >= 0.6 is 0 Å². The van der Waals surface area contributed by atoms with Crippen molar-refractivity contribution in [1.82, 2.24) is 9.62 Å². The number of carbonyl (C=O) groups excluding carboxylic acids is 1. The lowest BCUT2D eigenvalue weighted by molar-refractivity contribution is -0.119. The number of nitrogens with zero attached hydrogens (tertiary/aromatic N) is 1. The Morgan fingerprint density at radius 2 is 1.55 bits per heavy atom. The first-order chi connectivity index (χ1) is 22.5. The second kappa shape index (κ2) is 14.8. The molecule has 1 aliphatic heterocycles. The molecule has 11 heteroatoms. The first-order valence-electron chi connectivity index (χ1n) is 15.4. The van der Waals surface area contributed by atoms with Crippen LogP contribution in [0.2, 0.25) is 0 Å². The van der Waals surface area contributed by atoms with Crippen molar-refractivity contribution in [2.24, 2.45) is 5.73 Å². The molecule has 4 aromatic carbocycles. The highest BCUT2D eigenvalue weighted by Crippen LogP contribution is 2.31. The molecule has 1 aliphatic rings. The lowest BCUT2D eigenvalue weighted by atomic mass is 9.82. The minimum absolute atomic E-state index is 0.134. The number of benzene rings is 4. The number of rotatable bonds is 12. The normalized spacial score (nSPS) is 17.9. The third kappa shape index (κ3) is 7.76. The minimum Gasteiger partial charge on any atom is -0.497 e. The summed E-state index contributed by atoms with van der Waals surface area (Å²) in [6.07, 6.45) is 0.230. The third-order valence-electron chi connectivity index (χ3n) is 8.70. The molecule has 0 saturated carbocycles. The van der Waals surface area contributed by atoms with Crippen LogP contribution in [0.15, 0.2) is 95.9 Å². The molecule has 248 valence electrons. The van der Waals surface area contributed by atoms with Crippen molar-refractivity contribution in [3.05, 3.63) is 131 Å². The minimum atomic E-state index is -3.89. The van der Waals surface area contributed by atoms with Crippen molar-refractivity contribution in [1.29, 1.82) is 0 Å². The number of nitrogens with one attached hydrogen (secondary N) is 1. The Morgan fingerprint density at radius 1 is 0.936 bits per heavy atom. The van der Waals surface area contributed by atoms with Gasteiger partial charge in [0.2, 0.25) is 10.0 Å². The maximum atomic E-state index is 15.4. The van der Waals surface area contributed by atoms with E-state index in [1.54, 1.807) is 30.3 Å². The second-order valence-electron chi connectivity index (χ2n) is 11.8. The SMILES string of the molecule is COc1ccc(S(=O)(=O)N2[C@@H](CCc3c(F)cccc3CC(=O)[C@@H](N)C(c3cccc(F)c3)c3cccc(F)c3)CNC[C@@H]2C)cc1. The highest BCUT2D eigenvalue weighted by atomic mass is 32.2. The number of nitrogens with two attached hydrogens (primary N) is 1. The first kappa shape index (κ1) is 34.3. The van der Waals surface area contributed by atoms with Gasteiger partial charge in [-0.25, -0.2) is 21.6 Å². The Balaban J connectivity index is 1.38. The summed E-state index contributed by atoms with van der Waals surface area (Å²) in [7, 11) is -2.39. The van der Waals surface area contributed by atoms with Gasteiger partial charge in [0.1, 0.15) is 23.2 Å². The third-order valence-corrected chi connectivity index (χ3v) is 10.8. The number of hydrogen-bond acceptors (Lipinski definition) is 6. The molecule has 3 atom stereocenters. The largest absolute Gasteiger partial charge is 0.497 e. The van der Waals surface area contributed by atoms with E-state index in [4.69, 9.17) is 10.5 Å². The summed E-state index contributed by atoms with van der Waals surface area (Å²) < 4.78 is 78.1. The predicted octanol–water partition coefficient (Wildman–Crippen LogP) is 5.37. The molecule has 3 N–H and O–H groups in total. The van der Waals surface area contributed by atoms with Crippen molar-refractivity contribution in [3.8, 4) is 5.75 Å². The Labute approximate surface area is 273 Å². The lowest BCUT2D eigenvalue weighted by Crippen LogP contribution is -2.58. The van der Waals surface area contributed by atoms with E-state index in [1.165, 1.54) is 72.1 Å². The van der Waals surface area contributed by atoms with E-state index >= 15 is 4.39 Å². The average molecular weight is 666 g/mol. The van der Waals surface area contributed by atoms with Gasteiger partial charge in [0.05, 0.1) is 18.0 Å². The van der Waals surface area contributed by atoms with Gasteiger partial charge >= 0.3 is 0 Å².